The Kier molecular flexibility index (Phi) is 7.14. The van der Waals surface area contributed by atoms with Crippen LogP contribution in [0.3, 0.4) is 0 Å². The molecule has 1 heterocycles. The van der Waals surface area contributed by atoms with Crippen molar-refractivity contribution < 1.29 is 21.6 Å². The number of nitrogens with one attached hydrogen (secondary N) is 3. The van der Waals surface area contributed by atoms with Crippen molar-refractivity contribution in [1.29, 1.82) is 0 Å². The first-order valence-corrected chi connectivity index (χ1v) is 11.2. The average Bonchev–Trinajstić information content (AvgIpc) is 2.73. The molecule has 0 atom stereocenters. The van der Waals surface area contributed by atoms with Crippen molar-refractivity contribution in [2.24, 2.45) is 0 Å². The number of rotatable bonds is 9. The maximum Gasteiger partial charge on any atom is 0.416 e. The number of fused-ring (bicyclic) bond motifs is 1. The lowest BCUT2D eigenvalue weighted by molar-refractivity contribution is -0.137. The second-order valence-corrected chi connectivity index (χ2v) is 8.62. The van der Waals surface area contributed by atoms with Crippen molar-refractivity contribution >= 4 is 26.6 Å². The Bertz CT molecular complexity index is 1130. The SMILES string of the molecule is CCCCNNCc1ccc2cccc(NS(=O)(=O)c3ccc(C(F)(F)F)cc3)c2n1. The fourth-order valence-corrected chi connectivity index (χ4v) is 3.97. The average molecular weight is 453 g/mol. The molecule has 0 aliphatic carbocycles. The lowest BCUT2D eigenvalue weighted by Gasteiger charge is -2.13. The highest BCUT2D eigenvalue weighted by atomic mass is 32.2. The summed E-state index contributed by atoms with van der Waals surface area (Å²) >= 11 is 0. The van der Waals surface area contributed by atoms with Gasteiger partial charge in [0.1, 0.15) is 0 Å². The number of para-hydroxylation sites is 1. The second kappa shape index (κ2) is 9.63. The molecule has 0 spiro atoms. The lowest BCUT2D eigenvalue weighted by Crippen LogP contribution is -2.32. The van der Waals surface area contributed by atoms with E-state index in [1.807, 2.05) is 12.1 Å². The molecule has 1 aromatic heterocycles. The summed E-state index contributed by atoms with van der Waals surface area (Å²) in [6.45, 7) is 3.36. The number of sulfonamides is 1. The number of hydrogen-bond donors (Lipinski definition) is 3. The molecule has 0 unspecified atom stereocenters. The van der Waals surface area contributed by atoms with E-state index in [-0.39, 0.29) is 10.6 Å². The van der Waals surface area contributed by atoms with Gasteiger partial charge in [-0.2, -0.15) is 13.2 Å². The van der Waals surface area contributed by atoms with Gasteiger partial charge in [-0.15, -0.1) is 0 Å². The Morgan fingerprint density at radius 1 is 0.968 bits per heavy atom. The van der Waals surface area contributed by atoms with Crippen LogP contribution in [0, 0.1) is 0 Å². The molecule has 3 aromatic rings. The molecular weight excluding hydrogens is 429 g/mol. The van der Waals surface area contributed by atoms with Gasteiger partial charge < -0.3 is 0 Å². The van der Waals surface area contributed by atoms with Crippen LogP contribution in [0.15, 0.2) is 59.5 Å². The number of hydrazine groups is 1. The van der Waals surface area contributed by atoms with Gasteiger partial charge in [-0.05, 0) is 42.8 Å². The van der Waals surface area contributed by atoms with Crippen LogP contribution in [0.4, 0.5) is 18.9 Å². The molecule has 166 valence electrons. The van der Waals surface area contributed by atoms with Gasteiger partial charge in [0, 0.05) is 11.9 Å². The molecule has 31 heavy (non-hydrogen) atoms. The van der Waals surface area contributed by atoms with Gasteiger partial charge in [0.15, 0.2) is 0 Å². The van der Waals surface area contributed by atoms with E-state index in [0.717, 1.165) is 49.0 Å². The highest BCUT2D eigenvalue weighted by Crippen LogP contribution is 2.30. The molecule has 0 saturated carbocycles. The Morgan fingerprint density at radius 3 is 2.39 bits per heavy atom. The first-order chi connectivity index (χ1) is 14.7. The molecule has 0 amide bonds. The third kappa shape index (κ3) is 5.93. The van der Waals surface area contributed by atoms with Crippen LogP contribution in [0.1, 0.15) is 31.0 Å². The molecule has 2 aromatic carbocycles. The van der Waals surface area contributed by atoms with Gasteiger partial charge in [0.05, 0.1) is 33.9 Å². The van der Waals surface area contributed by atoms with E-state index in [1.165, 1.54) is 0 Å². The van der Waals surface area contributed by atoms with Crippen LogP contribution < -0.4 is 15.6 Å². The predicted molar refractivity (Wildman–Crippen MR) is 114 cm³/mol. The van der Waals surface area contributed by atoms with Crippen molar-refractivity contribution in [2.75, 3.05) is 11.3 Å². The lowest BCUT2D eigenvalue weighted by atomic mass is 10.2. The molecule has 3 rings (SSSR count). The first-order valence-electron chi connectivity index (χ1n) is 9.75. The molecule has 6 nitrogen and oxygen atoms in total. The summed E-state index contributed by atoms with van der Waals surface area (Å²) in [6, 6.07) is 12.1. The van der Waals surface area contributed by atoms with Gasteiger partial charge in [0.25, 0.3) is 10.0 Å². The van der Waals surface area contributed by atoms with E-state index in [0.29, 0.717) is 17.8 Å². The number of alkyl halides is 3. The molecule has 3 N–H and O–H groups in total. The second-order valence-electron chi connectivity index (χ2n) is 6.94. The van der Waals surface area contributed by atoms with Gasteiger partial charge >= 0.3 is 6.18 Å². The summed E-state index contributed by atoms with van der Waals surface area (Å²) in [5.41, 5.74) is 6.65. The number of pyridine rings is 1. The Balaban J connectivity index is 1.82. The summed E-state index contributed by atoms with van der Waals surface area (Å²) in [4.78, 5) is 4.27. The van der Waals surface area contributed by atoms with E-state index in [1.54, 1.807) is 18.2 Å². The van der Waals surface area contributed by atoms with Crippen molar-refractivity contribution in [3.63, 3.8) is 0 Å². The Labute approximate surface area is 178 Å². The maximum absolute atomic E-state index is 12.7. The molecule has 0 radical (unpaired) electrons. The zero-order valence-corrected chi connectivity index (χ0v) is 17.6. The van der Waals surface area contributed by atoms with Crippen molar-refractivity contribution in [3.8, 4) is 0 Å². The third-order valence-corrected chi connectivity index (χ3v) is 5.95. The summed E-state index contributed by atoms with van der Waals surface area (Å²) < 4.78 is 66.1. The van der Waals surface area contributed by atoms with E-state index >= 15 is 0 Å². The minimum Gasteiger partial charge on any atom is -0.277 e. The molecule has 0 aliphatic rings. The summed E-state index contributed by atoms with van der Waals surface area (Å²) in [7, 11) is -4.09. The highest BCUT2D eigenvalue weighted by Gasteiger charge is 2.30. The predicted octanol–water partition coefficient (Wildman–Crippen LogP) is 4.45. The third-order valence-electron chi connectivity index (χ3n) is 4.56. The quantitative estimate of drug-likeness (QED) is 0.330. The van der Waals surface area contributed by atoms with Crippen molar-refractivity contribution in [1.82, 2.24) is 15.8 Å². The number of anilines is 1. The van der Waals surface area contributed by atoms with E-state index in [2.05, 4.69) is 27.5 Å². The summed E-state index contributed by atoms with van der Waals surface area (Å²) in [6.07, 6.45) is -2.43. The van der Waals surface area contributed by atoms with Crippen LogP contribution in [0.2, 0.25) is 0 Å². The Hall–Kier alpha value is -2.69. The maximum atomic E-state index is 12.7. The minimum absolute atomic E-state index is 0.248. The van der Waals surface area contributed by atoms with Gasteiger partial charge in [-0.1, -0.05) is 31.5 Å². The topological polar surface area (TPSA) is 83.1 Å². The van der Waals surface area contributed by atoms with Gasteiger partial charge in [-0.3, -0.25) is 15.6 Å². The number of aromatic nitrogens is 1. The van der Waals surface area contributed by atoms with Gasteiger partial charge in [0.2, 0.25) is 0 Å². The summed E-state index contributed by atoms with van der Waals surface area (Å²) in [5.74, 6) is 0. The standard InChI is InChI=1S/C21H23F3N4O2S/c1-2-3-13-25-26-14-17-10-7-15-5-4-6-19(20(15)27-17)28-31(29,30)18-11-8-16(9-12-18)21(22,23)24/h4-12,25-26,28H,2-3,13-14H2,1H3. The summed E-state index contributed by atoms with van der Waals surface area (Å²) in [5, 5.41) is 0.732. The van der Waals surface area contributed by atoms with Crippen LogP contribution in [0.5, 0.6) is 0 Å². The van der Waals surface area contributed by atoms with Crippen molar-refractivity contribution in [3.05, 3.63) is 65.9 Å². The zero-order chi connectivity index (χ0) is 22.5. The van der Waals surface area contributed by atoms with E-state index in [4.69, 9.17) is 0 Å². The molecule has 0 fully saturated rings. The number of halogens is 3. The normalized spacial score (nSPS) is 12.3. The molecule has 0 aliphatic heterocycles. The van der Waals surface area contributed by atoms with Crippen LogP contribution >= 0.6 is 0 Å². The smallest absolute Gasteiger partial charge is 0.277 e. The van der Waals surface area contributed by atoms with Crippen LogP contribution in [-0.4, -0.2) is 19.9 Å². The zero-order valence-electron chi connectivity index (χ0n) is 16.8. The highest BCUT2D eigenvalue weighted by molar-refractivity contribution is 7.92. The molecule has 0 bridgehead atoms. The number of unbranched alkanes of at least 4 members (excludes halogenated alkanes) is 1. The number of nitrogens with zero attached hydrogens (tertiary/aromatic N) is 1. The van der Waals surface area contributed by atoms with Gasteiger partial charge in [-0.25, -0.2) is 13.4 Å². The fourth-order valence-electron chi connectivity index (χ4n) is 2.90. The fraction of sp³-hybridized carbons (Fsp3) is 0.286. The molecule has 0 saturated heterocycles. The Morgan fingerprint density at radius 2 is 1.71 bits per heavy atom. The monoisotopic (exact) mass is 452 g/mol. The number of benzene rings is 2. The van der Waals surface area contributed by atoms with Crippen LogP contribution in [-0.2, 0) is 22.7 Å². The largest absolute Gasteiger partial charge is 0.416 e. The minimum atomic E-state index is -4.54. The van der Waals surface area contributed by atoms with Crippen molar-refractivity contribution in [2.45, 2.75) is 37.4 Å². The molecule has 10 heteroatoms. The first kappa shape index (κ1) is 23.0. The molecular formula is C21H23F3N4O2S. The van der Waals surface area contributed by atoms with E-state index in [9.17, 15) is 21.6 Å². The van der Waals surface area contributed by atoms with E-state index < -0.39 is 21.8 Å². The van der Waals surface area contributed by atoms with Crippen LogP contribution in [0.25, 0.3) is 10.9 Å². The number of hydrogen-bond acceptors (Lipinski definition) is 5.